The van der Waals surface area contributed by atoms with Gasteiger partial charge in [0.25, 0.3) is 0 Å². The molecular formula is C21H14F3NO5. The normalized spacial score (nSPS) is 16.2. The lowest BCUT2D eigenvalue weighted by Gasteiger charge is -2.27. The number of halogens is 3. The second-order valence-corrected chi connectivity index (χ2v) is 6.55. The zero-order valence-electron chi connectivity index (χ0n) is 15.4. The van der Waals surface area contributed by atoms with E-state index in [0.717, 1.165) is 19.2 Å². The molecule has 9 heteroatoms. The van der Waals surface area contributed by atoms with Gasteiger partial charge >= 0.3 is 17.8 Å². The van der Waals surface area contributed by atoms with E-state index in [0.29, 0.717) is 5.39 Å². The standard InChI is InChI=1S/C21H14F3NO5/c1-28-19(26)16-14(10-6-8-11(9-7-10)21(22,23)24)15-17(30-18(16)25)12-4-2-3-5-13(12)29-20(15)27/h2-9,14H,25H2,1H3/t14-/m0/s1. The minimum Gasteiger partial charge on any atom is -0.465 e. The Bertz CT molecular complexity index is 1240. The van der Waals surface area contributed by atoms with Crippen molar-refractivity contribution >= 4 is 16.9 Å². The molecule has 0 bridgehead atoms. The Morgan fingerprint density at radius 2 is 1.77 bits per heavy atom. The molecule has 0 saturated heterocycles. The zero-order valence-corrected chi connectivity index (χ0v) is 15.4. The first-order chi connectivity index (χ1) is 14.2. The SMILES string of the molecule is COC(=O)C1=C(N)Oc2c(c(=O)oc3ccccc23)[C@@H]1c1ccc(C(F)(F)F)cc1. The highest BCUT2D eigenvalue weighted by Gasteiger charge is 2.39. The number of methoxy groups -OCH3 is 1. The third kappa shape index (κ3) is 3.08. The molecule has 1 aromatic heterocycles. The number of fused-ring (bicyclic) bond motifs is 3. The summed E-state index contributed by atoms with van der Waals surface area (Å²) in [5, 5.41) is 0.427. The molecule has 6 nitrogen and oxygen atoms in total. The number of alkyl halides is 3. The molecule has 2 aromatic carbocycles. The molecule has 0 aliphatic carbocycles. The quantitative estimate of drug-likeness (QED) is 0.505. The molecule has 2 N–H and O–H groups in total. The summed E-state index contributed by atoms with van der Waals surface area (Å²) < 4.78 is 54.6. The summed E-state index contributed by atoms with van der Waals surface area (Å²) in [5.74, 6) is -2.24. The van der Waals surface area contributed by atoms with Crippen LogP contribution in [0.1, 0.15) is 22.6 Å². The van der Waals surface area contributed by atoms with Crippen molar-refractivity contribution in [3.63, 3.8) is 0 Å². The van der Waals surface area contributed by atoms with Crippen molar-refractivity contribution in [1.82, 2.24) is 0 Å². The summed E-state index contributed by atoms with van der Waals surface area (Å²) in [6.07, 6.45) is -4.54. The van der Waals surface area contributed by atoms with Crippen LogP contribution in [-0.2, 0) is 15.7 Å². The van der Waals surface area contributed by atoms with Crippen LogP contribution in [0.5, 0.6) is 5.75 Å². The summed E-state index contributed by atoms with van der Waals surface area (Å²) in [6.45, 7) is 0. The van der Waals surface area contributed by atoms with Crippen molar-refractivity contribution in [2.75, 3.05) is 7.11 Å². The van der Waals surface area contributed by atoms with Gasteiger partial charge in [-0.2, -0.15) is 13.2 Å². The smallest absolute Gasteiger partial charge is 0.416 e. The van der Waals surface area contributed by atoms with Gasteiger partial charge in [0.2, 0.25) is 5.88 Å². The van der Waals surface area contributed by atoms with E-state index >= 15 is 0 Å². The van der Waals surface area contributed by atoms with Crippen molar-refractivity contribution in [3.8, 4) is 5.75 Å². The second kappa shape index (κ2) is 6.94. The fraction of sp³-hybridized carbons (Fsp3) is 0.143. The number of benzene rings is 2. The van der Waals surface area contributed by atoms with Gasteiger partial charge in [-0.25, -0.2) is 9.59 Å². The summed E-state index contributed by atoms with van der Waals surface area (Å²) in [7, 11) is 1.12. The Morgan fingerprint density at radius 3 is 2.40 bits per heavy atom. The molecule has 0 saturated carbocycles. The first-order valence-corrected chi connectivity index (χ1v) is 8.71. The Kier molecular flexibility index (Phi) is 4.53. The number of hydrogen-bond donors (Lipinski definition) is 1. The van der Waals surface area contributed by atoms with Crippen molar-refractivity contribution in [2.45, 2.75) is 12.1 Å². The van der Waals surface area contributed by atoms with Crippen LogP contribution in [0.4, 0.5) is 13.2 Å². The van der Waals surface area contributed by atoms with E-state index in [1.807, 2.05) is 0 Å². The van der Waals surface area contributed by atoms with Gasteiger partial charge in [0.1, 0.15) is 11.2 Å². The van der Waals surface area contributed by atoms with Crippen molar-refractivity contribution in [3.05, 3.63) is 87.1 Å². The molecule has 1 atom stereocenters. The number of carbonyl (C=O) groups excluding carboxylic acids is 1. The van der Waals surface area contributed by atoms with E-state index in [-0.39, 0.29) is 33.9 Å². The highest BCUT2D eigenvalue weighted by atomic mass is 19.4. The lowest BCUT2D eigenvalue weighted by atomic mass is 9.83. The maximum atomic E-state index is 13.0. The fourth-order valence-electron chi connectivity index (χ4n) is 3.47. The van der Waals surface area contributed by atoms with Crippen molar-refractivity contribution < 1.29 is 31.9 Å². The van der Waals surface area contributed by atoms with Crippen molar-refractivity contribution in [2.24, 2.45) is 5.73 Å². The number of carbonyl (C=O) groups is 1. The van der Waals surface area contributed by atoms with E-state index in [4.69, 9.17) is 19.6 Å². The van der Waals surface area contributed by atoms with Gasteiger partial charge in [-0.15, -0.1) is 0 Å². The Labute approximate surface area is 167 Å². The summed E-state index contributed by atoms with van der Waals surface area (Å²) in [5.41, 5.74) is 4.51. The van der Waals surface area contributed by atoms with Crippen LogP contribution in [0.25, 0.3) is 11.0 Å². The molecular weight excluding hydrogens is 403 g/mol. The summed E-state index contributed by atoms with van der Waals surface area (Å²) in [4.78, 5) is 25.2. The lowest BCUT2D eigenvalue weighted by Crippen LogP contribution is -2.30. The number of para-hydroxylation sites is 1. The van der Waals surface area contributed by atoms with Gasteiger partial charge < -0.3 is 19.6 Å². The van der Waals surface area contributed by atoms with Crippen LogP contribution >= 0.6 is 0 Å². The highest BCUT2D eigenvalue weighted by molar-refractivity contribution is 5.94. The number of rotatable bonds is 2. The van der Waals surface area contributed by atoms with Gasteiger partial charge in [-0.05, 0) is 29.8 Å². The molecule has 154 valence electrons. The molecule has 1 aliphatic heterocycles. The van der Waals surface area contributed by atoms with Crippen LogP contribution in [0.15, 0.2) is 69.2 Å². The number of ether oxygens (including phenoxy) is 2. The molecule has 4 rings (SSSR count). The van der Waals surface area contributed by atoms with E-state index in [9.17, 15) is 22.8 Å². The summed E-state index contributed by atoms with van der Waals surface area (Å²) >= 11 is 0. The van der Waals surface area contributed by atoms with Crippen LogP contribution in [0.2, 0.25) is 0 Å². The van der Waals surface area contributed by atoms with E-state index in [1.54, 1.807) is 24.3 Å². The third-order valence-electron chi connectivity index (χ3n) is 4.83. The first kappa shape index (κ1) is 19.6. The highest BCUT2D eigenvalue weighted by Crippen LogP contribution is 2.44. The second-order valence-electron chi connectivity index (χ2n) is 6.55. The van der Waals surface area contributed by atoms with Crippen LogP contribution < -0.4 is 16.1 Å². The number of esters is 1. The van der Waals surface area contributed by atoms with Crippen LogP contribution in [0.3, 0.4) is 0 Å². The van der Waals surface area contributed by atoms with Crippen LogP contribution in [-0.4, -0.2) is 13.1 Å². The average Bonchev–Trinajstić information content (AvgIpc) is 2.72. The van der Waals surface area contributed by atoms with E-state index in [1.165, 1.54) is 12.1 Å². The fourth-order valence-corrected chi connectivity index (χ4v) is 3.47. The Hall–Kier alpha value is -3.75. The molecule has 1 aliphatic rings. The number of nitrogens with two attached hydrogens (primary N) is 1. The van der Waals surface area contributed by atoms with Crippen LogP contribution in [0, 0.1) is 0 Å². The monoisotopic (exact) mass is 417 g/mol. The van der Waals surface area contributed by atoms with Gasteiger partial charge in [-0.3, -0.25) is 0 Å². The lowest BCUT2D eigenvalue weighted by molar-refractivity contribution is -0.138. The maximum Gasteiger partial charge on any atom is 0.416 e. The van der Waals surface area contributed by atoms with E-state index in [2.05, 4.69) is 0 Å². The topological polar surface area (TPSA) is 91.8 Å². The maximum absolute atomic E-state index is 13.0. The Morgan fingerprint density at radius 1 is 1.10 bits per heavy atom. The molecule has 0 unspecified atom stereocenters. The minimum atomic E-state index is -4.54. The Balaban J connectivity index is 2.00. The molecule has 0 radical (unpaired) electrons. The molecule has 30 heavy (non-hydrogen) atoms. The third-order valence-corrected chi connectivity index (χ3v) is 4.83. The summed E-state index contributed by atoms with van der Waals surface area (Å²) in [6, 6.07) is 10.6. The van der Waals surface area contributed by atoms with Gasteiger partial charge in [0.05, 0.1) is 29.5 Å². The first-order valence-electron chi connectivity index (χ1n) is 8.71. The van der Waals surface area contributed by atoms with Gasteiger partial charge in [-0.1, -0.05) is 24.3 Å². The minimum absolute atomic E-state index is 0.0527. The molecule has 0 spiro atoms. The van der Waals surface area contributed by atoms with Crippen molar-refractivity contribution in [1.29, 1.82) is 0 Å². The largest absolute Gasteiger partial charge is 0.465 e. The predicted octanol–water partition coefficient (Wildman–Crippen LogP) is 3.68. The zero-order chi connectivity index (χ0) is 21.6. The van der Waals surface area contributed by atoms with Gasteiger partial charge in [0.15, 0.2) is 5.75 Å². The molecule has 2 heterocycles. The molecule has 0 amide bonds. The van der Waals surface area contributed by atoms with Gasteiger partial charge in [0, 0.05) is 0 Å². The average molecular weight is 417 g/mol. The molecule has 3 aromatic rings. The molecule has 0 fully saturated rings. The van der Waals surface area contributed by atoms with E-state index < -0.39 is 29.3 Å². The predicted molar refractivity (Wildman–Crippen MR) is 99.6 cm³/mol. The number of hydrogen-bond acceptors (Lipinski definition) is 6.